The summed E-state index contributed by atoms with van der Waals surface area (Å²) in [5, 5.41) is 3.81. The molecule has 2 heterocycles. The summed E-state index contributed by atoms with van der Waals surface area (Å²) in [4.78, 5) is 26.9. The molecule has 0 N–H and O–H groups in total. The summed E-state index contributed by atoms with van der Waals surface area (Å²) in [6.07, 6.45) is 0.346. The number of benzene rings is 1. The minimum Gasteiger partial charge on any atom is -0.452 e. The van der Waals surface area contributed by atoms with Crippen LogP contribution in [0.15, 0.2) is 34.9 Å². The van der Waals surface area contributed by atoms with Crippen LogP contribution in [0.1, 0.15) is 48.0 Å². The number of carbonyl (C=O) groups excluding carboxylic acids is 2. The van der Waals surface area contributed by atoms with E-state index in [2.05, 4.69) is 5.16 Å². The first kappa shape index (κ1) is 21.0. The molecule has 0 radical (unpaired) electrons. The van der Waals surface area contributed by atoms with E-state index in [1.165, 1.54) is 4.90 Å². The highest BCUT2D eigenvalue weighted by Gasteiger charge is 2.36. The van der Waals surface area contributed by atoms with Crippen LogP contribution in [0.5, 0.6) is 0 Å². The molecule has 2 aromatic rings. The van der Waals surface area contributed by atoms with Crippen molar-refractivity contribution in [2.24, 2.45) is 0 Å². The van der Waals surface area contributed by atoms with Crippen molar-refractivity contribution in [3.63, 3.8) is 0 Å². The molecule has 29 heavy (non-hydrogen) atoms. The Bertz CT molecular complexity index is 997. The normalized spacial score (nSPS) is 18.0. The van der Waals surface area contributed by atoms with Crippen molar-refractivity contribution in [1.82, 2.24) is 5.16 Å². The number of ether oxygens (including phenoxy) is 1. The Morgan fingerprint density at radius 2 is 1.97 bits per heavy atom. The molecule has 8 nitrogen and oxygen atoms in total. The molecule has 1 aromatic heterocycles. The zero-order valence-electron chi connectivity index (χ0n) is 16.6. The maximum absolute atomic E-state index is 12.9. The number of carbonyl (C=O) groups is 2. The van der Waals surface area contributed by atoms with Crippen molar-refractivity contribution in [3.8, 4) is 0 Å². The molecule has 156 valence electrons. The van der Waals surface area contributed by atoms with Crippen molar-refractivity contribution < 1.29 is 27.3 Å². The number of amides is 1. The molecule has 1 aliphatic heterocycles. The number of aryl methyl sites for hydroxylation is 1. The molecule has 1 fully saturated rings. The van der Waals surface area contributed by atoms with E-state index in [1.54, 1.807) is 37.3 Å². The molecule has 1 atom stereocenters. The molecular weight excluding hydrogens is 396 g/mol. The second kappa shape index (κ2) is 8.36. The number of sulfone groups is 1. The van der Waals surface area contributed by atoms with Gasteiger partial charge in [-0.15, -0.1) is 0 Å². The molecule has 1 saturated heterocycles. The van der Waals surface area contributed by atoms with Gasteiger partial charge in [0.25, 0.3) is 5.91 Å². The summed E-state index contributed by atoms with van der Waals surface area (Å²) in [5.41, 5.74) is 1.19. The van der Waals surface area contributed by atoms with E-state index in [-0.39, 0.29) is 23.0 Å². The van der Waals surface area contributed by atoms with Crippen molar-refractivity contribution in [2.45, 2.75) is 39.2 Å². The second-order valence-corrected chi connectivity index (χ2v) is 9.62. The number of para-hydroxylation sites is 1. The summed E-state index contributed by atoms with van der Waals surface area (Å²) in [6, 6.07) is 8.30. The Morgan fingerprint density at radius 1 is 1.28 bits per heavy atom. The maximum atomic E-state index is 12.9. The van der Waals surface area contributed by atoms with Gasteiger partial charge in [0.1, 0.15) is 5.56 Å². The molecule has 0 bridgehead atoms. The Hall–Kier alpha value is -2.68. The lowest BCUT2D eigenvalue weighted by Crippen LogP contribution is -2.43. The number of esters is 1. The van der Waals surface area contributed by atoms with Crippen LogP contribution in [0.2, 0.25) is 0 Å². The Labute approximate surface area is 169 Å². The number of nitrogens with zero attached hydrogens (tertiary/aromatic N) is 2. The van der Waals surface area contributed by atoms with E-state index in [4.69, 9.17) is 9.26 Å². The number of aromatic nitrogens is 1. The molecule has 0 unspecified atom stereocenters. The van der Waals surface area contributed by atoms with Gasteiger partial charge in [-0.3, -0.25) is 4.79 Å². The number of hydrogen-bond acceptors (Lipinski definition) is 7. The van der Waals surface area contributed by atoms with Crippen LogP contribution in [-0.2, 0) is 19.4 Å². The average Bonchev–Trinajstić information content (AvgIpc) is 3.23. The van der Waals surface area contributed by atoms with Crippen molar-refractivity contribution >= 4 is 27.4 Å². The van der Waals surface area contributed by atoms with Crippen LogP contribution < -0.4 is 4.90 Å². The van der Waals surface area contributed by atoms with Crippen LogP contribution >= 0.6 is 0 Å². The molecule has 0 spiro atoms. The van der Waals surface area contributed by atoms with Gasteiger partial charge in [0, 0.05) is 11.6 Å². The average molecular weight is 420 g/mol. The maximum Gasteiger partial charge on any atom is 0.344 e. The van der Waals surface area contributed by atoms with Crippen LogP contribution in [-0.4, -0.2) is 49.6 Å². The third kappa shape index (κ3) is 4.67. The van der Waals surface area contributed by atoms with Gasteiger partial charge in [0.05, 0.1) is 23.2 Å². The Balaban J connectivity index is 1.77. The Morgan fingerprint density at radius 3 is 2.55 bits per heavy atom. The van der Waals surface area contributed by atoms with Crippen LogP contribution in [0.25, 0.3) is 0 Å². The van der Waals surface area contributed by atoms with Gasteiger partial charge >= 0.3 is 5.97 Å². The first-order chi connectivity index (χ1) is 13.7. The van der Waals surface area contributed by atoms with E-state index in [0.717, 1.165) is 0 Å². The molecule has 9 heteroatoms. The minimum absolute atomic E-state index is 0.0334. The molecule has 1 amide bonds. The molecule has 0 saturated carbocycles. The van der Waals surface area contributed by atoms with Crippen LogP contribution in [0.4, 0.5) is 5.69 Å². The van der Waals surface area contributed by atoms with Crippen molar-refractivity contribution in [3.05, 3.63) is 47.3 Å². The third-order valence-corrected chi connectivity index (χ3v) is 6.57. The van der Waals surface area contributed by atoms with Crippen LogP contribution in [0, 0.1) is 6.92 Å². The van der Waals surface area contributed by atoms with E-state index in [1.807, 2.05) is 13.8 Å². The van der Waals surface area contributed by atoms with Gasteiger partial charge in [0.15, 0.2) is 22.2 Å². The fourth-order valence-corrected chi connectivity index (χ4v) is 5.12. The molecule has 3 rings (SSSR count). The quantitative estimate of drug-likeness (QED) is 0.661. The van der Waals surface area contributed by atoms with Gasteiger partial charge in [-0.2, -0.15) is 0 Å². The number of hydrogen-bond donors (Lipinski definition) is 0. The standard InChI is InChI=1S/C20H24N2O6S/c1-13(2)19-18(14(3)21-28-19)20(24)27-11-17(23)22(15-7-5-4-6-8-15)16-9-10-29(25,26)12-16/h4-8,13,16H,9-12H2,1-3H3/t16-/m0/s1. The van der Waals surface area contributed by atoms with E-state index < -0.39 is 34.4 Å². The van der Waals surface area contributed by atoms with Crippen LogP contribution in [0.3, 0.4) is 0 Å². The third-order valence-electron chi connectivity index (χ3n) is 4.82. The van der Waals surface area contributed by atoms with Gasteiger partial charge in [-0.1, -0.05) is 37.2 Å². The molecule has 0 aliphatic carbocycles. The smallest absolute Gasteiger partial charge is 0.344 e. The highest BCUT2D eigenvalue weighted by Crippen LogP contribution is 2.26. The first-order valence-electron chi connectivity index (χ1n) is 9.40. The SMILES string of the molecule is Cc1noc(C(C)C)c1C(=O)OCC(=O)N(c1ccccc1)[C@H]1CCS(=O)(=O)C1. The number of rotatable bonds is 6. The largest absolute Gasteiger partial charge is 0.452 e. The highest BCUT2D eigenvalue weighted by atomic mass is 32.2. The highest BCUT2D eigenvalue weighted by molar-refractivity contribution is 7.91. The minimum atomic E-state index is -3.19. The molecule has 1 aromatic carbocycles. The second-order valence-electron chi connectivity index (χ2n) is 7.39. The van der Waals surface area contributed by atoms with Gasteiger partial charge in [-0.05, 0) is 25.5 Å². The summed E-state index contributed by atoms with van der Waals surface area (Å²) in [5.74, 6) is -0.907. The topological polar surface area (TPSA) is 107 Å². The summed E-state index contributed by atoms with van der Waals surface area (Å²) in [7, 11) is -3.19. The molecule has 1 aliphatic rings. The summed E-state index contributed by atoms with van der Waals surface area (Å²) in [6.45, 7) is 4.85. The zero-order valence-corrected chi connectivity index (χ0v) is 17.4. The van der Waals surface area contributed by atoms with E-state index in [9.17, 15) is 18.0 Å². The van der Waals surface area contributed by atoms with Gasteiger partial charge < -0.3 is 14.2 Å². The van der Waals surface area contributed by atoms with E-state index in [0.29, 0.717) is 23.6 Å². The number of anilines is 1. The monoisotopic (exact) mass is 420 g/mol. The summed E-state index contributed by atoms with van der Waals surface area (Å²) >= 11 is 0. The van der Waals surface area contributed by atoms with Gasteiger partial charge in [0.2, 0.25) is 0 Å². The van der Waals surface area contributed by atoms with E-state index >= 15 is 0 Å². The first-order valence-corrected chi connectivity index (χ1v) is 11.2. The fourth-order valence-electron chi connectivity index (χ4n) is 3.42. The lowest BCUT2D eigenvalue weighted by Gasteiger charge is -2.28. The molecular formula is C20H24N2O6S. The van der Waals surface area contributed by atoms with Gasteiger partial charge in [-0.25, -0.2) is 13.2 Å². The van der Waals surface area contributed by atoms with Crippen molar-refractivity contribution in [2.75, 3.05) is 23.0 Å². The predicted octanol–water partition coefficient (Wildman–Crippen LogP) is 2.48. The fraction of sp³-hybridized carbons (Fsp3) is 0.450. The Kier molecular flexibility index (Phi) is 6.07. The summed E-state index contributed by atoms with van der Waals surface area (Å²) < 4.78 is 34.3. The zero-order chi connectivity index (χ0) is 21.2. The predicted molar refractivity (Wildman–Crippen MR) is 107 cm³/mol. The van der Waals surface area contributed by atoms with Crippen molar-refractivity contribution in [1.29, 1.82) is 0 Å². The lowest BCUT2D eigenvalue weighted by molar-refractivity contribution is -0.122. The lowest BCUT2D eigenvalue weighted by atomic mass is 10.1.